The highest BCUT2D eigenvalue weighted by Gasteiger charge is 2.29. The Balaban J connectivity index is 2.14. The number of methoxy groups -OCH3 is 2. The Morgan fingerprint density at radius 2 is 1.81 bits per heavy atom. The molecule has 0 spiro atoms. The summed E-state index contributed by atoms with van der Waals surface area (Å²) in [5.74, 6) is -1.06. The van der Waals surface area contributed by atoms with Crippen LogP contribution in [-0.2, 0) is 29.1 Å². The van der Waals surface area contributed by atoms with E-state index >= 15 is 0 Å². The maximum absolute atomic E-state index is 12.9. The monoisotopic (exact) mass is 400 g/mol. The van der Waals surface area contributed by atoms with E-state index in [1.165, 1.54) is 36.7 Å². The van der Waals surface area contributed by atoms with Gasteiger partial charge in [-0.2, -0.15) is 4.31 Å². The first-order valence-electron chi connectivity index (χ1n) is 8.51. The van der Waals surface area contributed by atoms with Gasteiger partial charge in [-0.05, 0) is 31.0 Å². The third-order valence-corrected chi connectivity index (χ3v) is 5.93. The van der Waals surface area contributed by atoms with Crippen molar-refractivity contribution in [1.82, 2.24) is 4.31 Å². The smallest absolute Gasteiger partial charge is 0.332 e. The predicted octanol–water partition coefficient (Wildman–Crippen LogP) is 0.998. The van der Waals surface area contributed by atoms with E-state index in [2.05, 4.69) is 10.1 Å². The molecule has 0 radical (unpaired) electrons. The fourth-order valence-corrected chi connectivity index (χ4v) is 4.40. The number of ether oxygens (including phenoxy) is 3. The minimum atomic E-state index is -3.74. The van der Waals surface area contributed by atoms with Gasteiger partial charge in [0.1, 0.15) is 17.3 Å². The van der Waals surface area contributed by atoms with Crippen LogP contribution in [0.25, 0.3) is 0 Å². The van der Waals surface area contributed by atoms with Gasteiger partial charge in [-0.25, -0.2) is 13.2 Å². The molecule has 9 nitrogen and oxygen atoms in total. The van der Waals surface area contributed by atoms with E-state index in [0.29, 0.717) is 13.1 Å². The highest BCUT2D eigenvalue weighted by molar-refractivity contribution is 7.89. The summed E-state index contributed by atoms with van der Waals surface area (Å²) in [7, 11) is -1.02. The first kappa shape index (κ1) is 21.1. The highest BCUT2D eigenvalue weighted by Crippen LogP contribution is 2.31. The third kappa shape index (κ3) is 5.65. The van der Waals surface area contributed by atoms with E-state index in [0.717, 1.165) is 19.3 Å². The lowest BCUT2D eigenvalue weighted by Crippen LogP contribution is -2.35. The van der Waals surface area contributed by atoms with E-state index in [4.69, 9.17) is 9.47 Å². The van der Waals surface area contributed by atoms with Crippen molar-refractivity contribution in [3.05, 3.63) is 18.2 Å². The van der Waals surface area contributed by atoms with E-state index in [9.17, 15) is 18.0 Å². The summed E-state index contributed by atoms with van der Waals surface area (Å²) in [5, 5.41) is 2.51. The average Bonchev–Trinajstić information content (AvgIpc) is 2.67. The molecule has 1 aromatic rings. The molecule has 10 heteroatoms. The van der Waals surface area contributed by atoms with Crippen molar-refractivity contribution in [3.63, 3.8) is 0 Å². The number of nitrogens with one attached hydrogen (secondary N) is 1. The first-order valence-corrected chi connectivity index (χ1v) is 9.95. The lowest BCUT2D eigenvalue weighted by Gasteiger charge is -2.26. The summed E-state index contributed by atoms with van der Waals surface area (Å²) < 4.78 is 41.8. The zero-order valence-corrected chi connectivity index (χ0v) is 16.2. The molecule has 1 aromatic carbocycles. The molecule has 0 aromatic heterocycles. The highest BCUT2D eigenvalue weighted by atomic mass is 32.2. The molecule has 0 atom stereocenters. The van der Waals surface area contributed by atoms with Crippen LogP contribution >= 0.6 is 0 Å². The van der Waals surface area contributed by atoms with Gasteiger partial charge >= 0.3 is 5.97 Å². The number of anilines is 1. The molecule has 1 fully saturated rings. The van der Waals surface area contributed by atoms with Crippen molar-refractivity contribution in [2.24, 2.45) is 0 Å². The number of carbonyl (C=O) groups is 2. The minimum Gasteiger partial charge on any atom is -0.495 e. The van der Waals surface area contributed by atoms with Crippen molar-refractivity contribution in [1.29, 1.82) is 0 Å². The van der Waals surface area contributed by atoms with Gasteiger partial charge in [0.15, 0.2) is 6.61 Å². The van der Waals surface area contributed by atoms with E-state index < -0.39 is 28.5 Å². The summed E-state index contributed by atoms with van der Waals surface area (Å²) >= 11 is 0. The van der Waals surface area contributed by atoms with Crippen LogP contribution in [0.4, 0.5) is 5.69 Å². The predicted molar refractivity (Wildman–Crippen MR) is 97.1 cm³/mol. The molecule has 2 rings (SSSR count). The fourth-order valence-electron chi connectivity index (χ4n) is 2.70. The number of rotatable bonds is 8. The molecule has 1 aliphatic rings. The SMILES string of the molecule is COCC(=O)OCC(=O)Nc1ccc(OC)c(S(=O)(=O)N2CCCCC2)c1. The summed E-state index contributed by atoms with van der Waals surface area (Å²) in [5.41, 5.74) is 0.263. The van der Waals surface area contributed by atoms with Gasteiger partial charge < -0.3 is 19.5 Å². The molecule has 1 amide bonds. The Bertz CT molecular complexity index is 773. The van der Waals surface area contributed by atoms with Crippen LogP contribution in [-0.4, -0.2) is 65.1 Å². The molecule has 27 heavy (non-hydrogen) atoms. The Labute approximate surface area is 158 Å². The van der Waals surface area contributed by atoms with Gasteiger partial charge in [0.05, 0.1) is 7.11 Å². The van der Waals surface area contributed by atoms with Gasteiger partial charge in [0, 0.05) is 25.9 Å². The van der Waals surface area contributed by atoms with Crippen LogP contribution in [0.2, 0.25) is 0 Å². The van der Waals surface area contributed by atoms with Gasteiger partial charge in [-0.1, -0.05) is 6.42 Å². The van der Waals surface area contributed by atoms with Crippen LogP contribution < -0.4 is 10.1 Å². The van der Waals surface area contributed by atoms with Gasteiger partial charge in [-0.15, -0.1) is 0 Å². The summed E-state index contributed by atoms with van der Waals surface area (Å²) in [4.78, 5) is 23.1. The molecule has 1 saturated heterocycles. The second-order valence-electron chi connectivity index (χ2n) is 5.97. The molecule has 0 aliphatic carbocycles. The van der Waals surface area contributed by atoms with Crippen LogP contribution in [0, 0.1) is 0 Å². The maximum Gasteiger partial charge on any atom is 0.332 e. The first-order chi connectivity index (χ1) is 12.9. The number of amides is 1. The van der Waals surface area contributed by atoms with E-state index in [-0.39, 0.29) is 22.9 Å². The van der Waals surface area contributed by atoms with Crippen LogP contribution in [0.5, 0.6) is 5.75 Å². The van der Waals surface area contributed by atoms with Crippen molar-refractivity contribution < 1.29 is 32.2 Å². The van der Waals surface area contributed by atoms with Crippen LogP contribution in [0.3, 0.4) is 0 Å². The number of piperidine rings is 1. The van der Waals surface area contributed by atoms with Crippen molar-refractivity contribution in [3.8, 4) is 5.75 Å². The molecule has 150 valence electrons. The summed E-state index contributed by atoms with van der Waals surface area (Å²) in [6, 6.07) is 4.34. The van der Waals surface area contributed by atoms with E-state index in [1.54, 1.807) is 0 Å². The minimum absolute atomic E-state index is 0.0129. The summed E-state index contributed by atoms with van der Waals surface area (Å²) in [6.07, 6.45) is 2.62. The number of nitrogens with zero attached hydrogens (tertiary/aromatic N) is 1. The molecule has 0 bridgehead atoms. The molecular weight excluding hydrogens is 376 g/mol. The number of hydrogen-bond acceptors (Lipinski definition) is 7. The number of hydrogen-bond donors (Lipinski definition) is 1. The van der Waals surface area contributed by atoms with E-state index in [1.807, 2.05) is 0 Å². The quantitative estimate of drug-likeness (QED) is 0.648. The zero-order chi connectivity index (χ0) is 19.9. The second-order valence-corrected chi connectivity index (χ2v) is 7.88. The average molecular weight is 400 g/mol. The Morgan fingerprint density at radius 3 is 2.44 bits per heavy atom. The normalized spacial score (nSPS) is 15.2. The van der Waals surface area contributed by atoms with Gasteiger partial charge in [0.25, 0.3) is 5.91 Å². The molecule has 1 aliphatic heterocycles. The molecule has 1 N–H and O–H groups in total. The Kier molecular flexibility index (Phi) is 7.57. The number of benzene rings is 1. The van der Waals surface area contributed by atoms with Crippen LogP contribution in [0.15, 0.2) is 23.1 Å². The number of sulfonamides is 1. The van der Waals surface area contributed by atoms with Gasteiger partial charge in [-0.3, -0.25) is 4.79 Å². The fraction of sp³-hybridized carbons (Fsp3) is 0.529. The third-order valence-electron chi connectivity index (χ3n) is 4.01. The lowest BCUT2D eigenvalue weighted by molar-refractivity contribution is -0.150. The number of esters is 1. The maximum atomic E-state index is 12.9. The number of carbonyl (C=O) groups excluding carboxylic acids is 2. The standard InChI is InChI=1S/C17H24N2O7S/c1-24-12-17(21)26-11-16(20)18-13-6-7-14(25-2)15(10-13)27(22,23)19-8-4-3-5-9-19/h6-7,10H,3-5,8-9,11-12H2,1-2H3,(H,18,20). The summed E-state index contributed by atoms with van der Waals surface area (Å²) in [6.45, 7) is 0.158. The van der Waals surface area contributed by atoms with Gasteiger partial charge in [0.2, 0.25) is 10.0 Å². The molecular formula is C17H24N2O7S. The molecule has 1 heterocycles. The van der Waals surface area contributed by atoms with Crippen LogP contribution in [0.1, 0.15) is 19.3 Å². The topological polar surface area (TPSA) is 111 Å². The molecule has 0 saturated carbocycles. The Hall–Kier alpha value is -2.17. The lowest BCUT2D eigenvalue weighted by atomic mass is 10.2. The Morgan fingerprint density at radius 1 is 1.11 bits per heavy atom. The zero-order valence-electron chi connectivity index (χ0n) is 15.4. The van der Waals surface area contributed by atoms with Crippen molar-refractivity contribution >= 4 is 27.6 Å². The second kappa shape index (κ2) is 9.67. The van der Waals surface area contributed by atoms with Crippen molar-refractivity contribution in [2.75, 3.05) is 45.8 Å². The molecule has 0 unspecified atom stereocenters. The largest absolute Gasteiger partial charge is 0.495 e. The van der Waals surface area contributed by atoms with Crippen molar-refractivity contribution in [2.45, 2.75) is 24.2 Å².